The lowest BCUT2D eigenvalue weighted by Crippen LogP contribution is -2.45. The summed E-state index contributed by atoms with van der Waals surface area (Å²) in [5.41, 5.74) is 0. The van der Waals surface area contributed by atoms with Crippen LogP contribution >= 0.6 is 0 Å². The molecule has 0 saturated carbocycles. The third-order valence-corrected chi connectivity index (χ3v) is 10.1. The minimum Gasteiger partial charge on any atom is -0.394 e. The lowest BCUT2D eigenvalue weighted by Gasteiger charge is -2.21. The van der Waals surface area contributed by atoms with E-state index in [2.05, 4.69) is 55.6 Å². The van der Waals surface area contributed by atoms with Crippen LogP contribution in [0.2, 0.25) is 0 Å². The molecule has 0 aromatic heterocycles. The van der Waals surface area contributed by atoms with Crippen LogP contribution < -0.4 is 5.32 Å². The van der Waals surface area contributed by atoms with Crippen LogP contribution in [-0.4, -0.2) is 46.1 Å². The summed E-state index contributed by atoms with van der Waals surface area (Å²) < 4.78 is 0. The Bertz CT molecular complexity index is 850. The zero-order chi connectivity index (χ0) is 38.0. The molecule has 0 aliphatic heterocycles. The highest BCUT2D eigenvalue weighted by molar-refractivity contribution is 5.76. The third kappa shape index (κ3) is 38.0. The highest BCUT2D eigenvalue weighted by Crippen LogP contribution is 2.15. The molecule has 0 heterocycles. The van der Waals surface area contributed by atoms with Crippen LogP contribution in [-0.2, 0) is 4.79 Å². The molecular formula is C47H87NO4. The normalized spacial score (nSPS) is 14.0. The summed E-state index contributed by atoms with van der Waals surface area (Å²) in [6.45, 7) is 4.16. The number of carbonyl (C=O) groups excluding carboxylic acids is 1. The molecule has 4 N–H and O–H groups in total. The second-order valence-corrected chi connectivity index (χ2v) is 15.3. The molecule has 0 aromatic rings. The summed E-state index contributed by atoms with van der Waals surface area (Å²) in [6, 6.07) is -0.760. The molecule has 0 aromatic carbocycles. The van der Waals surface area contributed by atoms with Crippen molar-refractivity contribution in [1.82, 2.24) is 5.32 Å². The van der Waals surface area contributed by atoms with E-state index in [9.17, 15) is 20.1 Å². The first-order valence-electron chi connectivity index (χ1n) is 22.4. The summed E-state index contributed by atoms with van der Waals surface area (Å²) in [5.74, 6) is -0.330. The van der Waals surface area contributed by atoms with Gasteiger partial charge in [-0.1, -0.05) is 197 Å². The van der Waals surface area contributed by atoms with Crippen LogP contribution in [0.15, 0.2) is 48.6 Å². The SMILES string of the molecule is CCCCCC/C=C/CC/C=C/C(O)C(CO)NC(=O)CC(O)CCCCCCCCCCCCC/C=C\C/C=C\CCCCCCCCCCC. The number of aliphatic hydroxyl groups is 3. The van der Waals surface area contributed by atoms with E-state index in [0.29, 0.717) is 6.42 Å². The highest BCUT2D eigenvalue weighted by Gasteiger charge is 2.20. The van der Waals surface area contributed by atoms with Gasteiger partial charge in [-0.15, -0.1) is 0 Å². The molecule has 0 fully saturated rings. The lowest BCUT2D eigenvalue weighted by molar-refractivity contribution is -0.124. The number of allylic oxidation sites excluding steroid dienone is 7. The quantitative estimate of drug-likeness (QED) is 0.0373. The zero-order valence-electron chi connectivity index (χ0n) is 34.4. The molecule has 0 aliphatic carbocycles. The number of amides is 1. The van der Waals surface area contributed by atoms with Gasteiger partial charge in [-0.3, -0.25) is 4.79 Å². The van der Waals surface area contributed by atoms with Crippen LogP contribution in [0.1, 0.15) is 219 Å². The number of unbranched alkanes of at least 4 members (excludes halogenated alkanes) is 25. The van der Waals surface area contributed by atoms with Crippen molar-refractivity contribution in [2.24, 2.45) is 0 Å². The molecule has 3 unspecified atom stereocenters. The van der Waals surface area contributed by atoms with Crippen molar-refractivity contribution < 1.29 is 20.1 Å². The second kappa shape index (κ2) is 42.1. The Hall–Kier alpha value is -1.69. The molecule has 0 spiro atoms. The monoisotopic (exact) mass is 730 g/mol. The van der Waals surface area contributed by atoms with Crippen molar-refractivity contribution in [3.05, 3.63) is 48.6 Å². The van der Waals surface area contributed by atoms with Gasteiger partial charge in [0.2, 0.25) is 5.91 Å². The summed E-state index contributed by atoms with van der Waals surface area (Å²) in [4.78, 5) is 12.4. The second-order valence-electron chi connectivity index (χ2n) is 15.3. The minimum absolute atomic E-state index is 0.00307. The third-order valence-electron chi connectivity index (χ3n) is 10.1. The molecule has 1 amide bonds. The Morgan fingerprint density at radius 2 is 0.885 bits per heavy atom. The first-order valence-corrected chi connectivity index (χ1v) is 22.4. The molecule has 0 saturated heterocycles. The van der Waals surface area contributed by atoms with Crippen molar-refractivity contribution in [3.8, 4) is 0 Å². The van der Waals surface area contributed by atoms with Crippen LogP contribution in [0.5, 0.6) is 0 Å². The Morgan fingerprint density at radius 1 is 0.500 bits per heavy atom. The molecular weight excluding hydrogens is 643 g/mol. The average Bonchev–Trinajstić information content (AvgIpc) is 3.14. The lowest BCUT2D eigenvalue weighted by atomic mass is 10.0. The smallest absolute Gasteiger partial charge is 0.222 e. The maximum Gasteiger partial charge on any atom is 0.222 e. The molecule has 0 bridgehead atoms. The molecule has 52 heavy (non-hydrogen) atoms. The van der Waals surface area contributed by atoms with Crippen molar-refractivity contribution in [2.75, 3.05) is 6.61 Å². The Balaban J connectivity index is 3.60. The van der Waals surface area contributed by atoms with Gasteiger partial charge in [0.05, 0.1) is 31.3 Å². The van der Waals surface area contributed by atoms with Crippen molar-refractivity contribution >= 4 is 5.91 Å². The van der Waals surface area contributed by atoms with E-state index < -0.39 is 18.2 Å². The van der Waals surface area contributed by atoms with E-state index >= 15 is 0 Å². The maximum absolute atomic E-state index is 12.4. The molecule has 0 aliphatic rings. The predicted octanol–water partition coefficient (Wildman–Crippen LogP) is 12.9. The topological polar surface area (TPSA) is 89.8 Å². The van der Waals surface area contributed by atoms with Gasteiger partial charge in [0.1, 0.15) is 0 Å². The van der Waals surface area contributed by atoms with Crippen LogP contribution in [0, 0.1) is 0 Å². The summed E-state index contributed by atoms with van der Waals surface area (Å²) >= 11 is 0. The van der Waals surface area contributed by atoms with E-state index in [4.69, 9.17) is 0 Å². The molecule has 5 heteroatoms. The van der Waals surface area contributed by atoms with Gasteiger partial charge < -0.3 is 20.6 Å². The maximum atomic E-state index is 12.4. The number of rotatable bonds is 40. The predicted molar refractivity (Wildman–Crippen MR) is 227 cm³/mol. The van der Waals surface area contributed by atoms with E-state index in [0.717, 1.165) is 38.5 Å². The van der Waals surface area contributed by atoms with Crippen LogP contribution in [0.3, 0.4) is 0 Å². The number of nitrogens with one attached hydrogen (secondary N) is 1. The standard InChI is InChI=1S/C47H87NO4/c1-3-5-7-9-11-13-15-16-17-18-19-20-21-22-23-24-25-26-27-28-29-30-31-32-34-36-38-40-44(50)42-47(52)48-45(43-49)46(51)41-39-37-35-33-14-12-10-8-6-4-2/h14,19-20,22-23,33,39,41,44-46,49-51H,3-13,15-18,21,24-32,34-38,40,42-43H2,1-2H3,(H,48,52)/b20-19-,23-22-,33-14+,41-39+. The highest BCUT2D eigenvalue weighted by atomic mass is 16.3. The van der Waals surface area contributed by atoms with E-state index in [1.54, 1.807) is 6.08 Å². The zero-order valence-corrected chi connectivity index (χ0v) is 34.4. The Kier molecular flexibility index (Phi) is 40.7. The number of aliphatic hydroxyl groups excluding tert-OH is 3. The number of carbonyl (C=O) groups is 1. The Labute approximate surface area is 323 Å². The molecule has 5 nitrogen and oxygen atoms in total. The summed E-state index contributed by atoms with van der Waals surface area (Å²) in [7, 11) is 0. The van der Waals surface area contributed by atoms with Gasteiger partial charge in [0, 0.05) is 0 Å². The fourth-order valence-corrected chi connectivity index (χ4v) is 6.62. The van der Waals surface area contributed by atoms with Gasteiger partial charge in [0.15, 0.2) is 0 Å². The van der Waals surface area contributed by atoms with Crippen LogP contribution in [0.25, 0.3) is 0 Å². The van der Waals surface area contributed by atoms with Crippen LogP contribution in [0.4, 0.5) is 0 Å². The van der Waals surface area contributed by atoms with Gasteiger partial charge in [-0.05, 0) is 64.2 Å². The molecule has 0 radical (unpaired) electrons. The first kappa shape index (κ1) is 50.3. The summed E-state index contributed by atoms with van der Waals surface area (Å²) in [6.07, 6.45) is 54.1. The molecule has 0 rings (SSSR count). The summed E-state index contributed by atoms with van der Waals surface area (Å²) in [5, 5.41) is 33.1. The minimum atomic E-state index is -0.951. The fourth-order valence-electron chi connectivity index (χ4n) is 6.62. The first-order chi connectivity index (χ1) is 25.5. The molecule has 304 valence electrons. The van der Waals surface area contributed by atoms with E-state index in [1.807, 2.05) is 6.08 Å². The Morgan fingerprint density at radius 3 is 1.37 bits per heavy atom. The van der Waals surface area contributed by atoms with Crippen molar-refractivity contribution in [3.63, 3.8) is 0 Å². The number of hydrogen-bond donors (Lipinski definition) is 4. The van der Waals surface area contributed by atoms with E-state index in [-0.39, 0.29) is 18.9 Å². The average molecular weight is 730 g/mol. The molecule has 3 atom stereocenters. The van der Waals surface area contributed by atoms with Crippen molar-refractivity contribution in [1.29, 1.82) is 0 Å². The van der Waals surface area contributed by atoms with Gasteiger partial charge in [0.25, 0.3) is 0 Å². The van der Waals surface area contributed by atoms with Gasteiger partial charge in [-0.25, -0.2) is 0 Å². The largest absolute Gasteiger partial charge is 0.394 e. The number of hydrogen-bond acceptors (Lipinski definition) is 4. The fraction of sp³-hybridized carbons (Fsp3) is 0.809. The van der Waals surface area contributed by atoms with Crippen molar-refractivity contribution in [2.45, 2.75) is 238 Å². The van der Waals surface area contributed by atoms with Gasteiger partial charge >= 0.3 is 0 Å². The van der Waals surface area contributed by atoms with E-state index in [1.165, 1.54) is 154 Å². The van der Waals surface area contributed by atoms with Gasteiger partial charge in [-0.2, -0.15) is 0 Å².